The average molecular weight is 261 g/mol. The number of rotatable bonds is 1. The number of imidazole rings is 1. The van der Waals surface area contributed by atoms with Crippen LogP contribution in [0.4, 0.5) is 0 Å². The highest BCUT2D eigenvalue weighted by atomic mass is 35.5. The lowest BCUT2D eigenvalue weighted by atomic mass is 10.4. The highest BCUT2D eigenvalue weighted by Gasteiger charge is 2.14. The van der Waals surface area contributed by atoms with Gasteiger partial charge >= 0.3 is 5.69 Å². The Morgan fingerprint density at radius 3 is 2.78 bits per heavy atom. The first-order chi connectivity index (χ1) is 8.68. The first-order valence-electron chi connectivity index (χ1n) is 5.34. The van der Waals surface area contributed by atoms with Crippen LogP contribution in [-0.2, 0) is 7.05 Å². The molecule has 0 bridgehead atoms. The SMILES string of the molecule is Cn1c(=O)n(-c2ccccn2)c2nc(Cl)ccc21. The van der Waals surface area contributed by atoms with Gasteiger partial charge in [-0.15, -0.1) is 0 Å². The van der Waals surface area contributed by atoms with E-state index in [0.717, 1.165) is 5.52 Å². The van der Waals surface area contributed by atoms with Crippen LogP contribution in [0, 0.1) is 0 Å². The molecule has 0 saturated carbocycles. The van der Waals surface area contributed by atoms with Crippen LogP contribution in [0.3, 0.4) is 0 Å². The Hall–Kier alpha value is -2.14. The van der Waals surface area contributed by atoms with Crippen LogP contribution in [0.2, 0.25) is 5.15 Å². The summed E-state index contributed by atoms with van der Waals surface area (Å²) in [4.78, 5) is 20.6. The van der Waals surface area contributed by atoms with Gasteiger partial charge in [0.15, 0.2) is 5.65 Å². The van der Waals surface area contributed by atoms with Gasteiger partial charge in [-0.1, -0.05) is 17.7 Å². The lowest BCUT2D eigenvalue weighted by molar-refractivity contribution is 0.832. The highest BCUT2D eigenvalue weighted by Crippen LogP contribution is 2.16. The zero-order chi connectivity index (χ0) is 12.7. The molecule has 5 nitrogen and oxygen atoms in total. The molecular formula is C12H9ClN4O. The van der Waals surface area contributed by atoms with Crippen molar-refractivity contribution in [2.24, 2.45) is 7.05 Å². The third kappa shape index (κ3) is 1.52. The molecule has 18 heavy (non-hydrogen) atoms. The Morgan fingerprint density at radius 1 is 1.22 bits per heavy atom. The topological polar surface area (TPSA) is 52.7 Å². The molecule has 0 radical (unpaired) electrons. The minimum absolute atomic E-state index is 0.196. The van der Waals surface area contributed by atoms with E-state index in [4.69, 9.17) is 11.6 Å². The fourth-order valence-electron chi connectivity index (χ4n) is 1.88. The number of hydrogen-bond donors (Lipinski definition) is 0. The monoisotopic (exact) mass is 260 g/mol. The summed E-state index contributed by atoms with van der Waals surface area (Å²) in [6.07, 6.45) is 1.63. The number of aromatic nitrogens is 4. The number of pyridine rings is 2. The van der Waals surface area contributed by atoms with Crippen LogP contribution in [0.25, 0.3) is 17.0 Å². The zero-order valence-corrected chi connectivity index (χ0v) is 10.3. The second kappa shape index (κ2) is 3.96. The van der Waals surface area contributed by atoms with Gasteiger partial charge in [0.05, 0.1) is 5.52 Å². The molecule has 0 saturated heterocycles. The minimum Gasteiger partial charge on any atom is -0.293 e. The zero-order valence-electron chi connectivity index (χ0n) is 9.54. The molecule has 0 N–H and O–H groups in total. The van der Waals surface area contributed by atoms with Crippen LogP contribution in [-0.4, -0.2) is 19.1 Å². The summed E-state index contributed by atoms with van der Waals surface area (Å²) in [5, 5.41) is 0.345. The van der Waals surface area contributed by atoms with E-state index in [1.807, 2.05) is 6.07 Å². The number of fused-ring (bicyclic) bond motifs is 1. The molecule has 0 atom stereocenters. The van der Waals surface area contributed by atoms with Gasteiger partial charge in [-0.2, -0.15) is 0 Å². The fourth-order valence-corrected chi connectivity index (χ4v) is 2.02. The Balaban J connectivity index is 2.46. The molecule has 0 aromatic carbocycles. The van der Waals surface area contributed by atoms with Crippen molar-refractivity contribution in [2.45, 2.75) is 0 Å². The van der Waals surface area contributed by atoms with Gasteiger partial charge in [-0.05, 0) is 24.3 Å². The minimum atomic E-state index is -0.196. The number of nitrogens with zero attached hydrogens (tertiary/aromatic N) is 4. The molecule has 0 aliphatic rings. The predicted octanol–water partition coefficient (Wildman–Crippen LogP) is 1.77. The molecule has 6 heteroatoms. The third-order valence-electron chi connectivity index (χ3n) is 2.75. The average Bonchev–Trinajstić information content (AvgIpc) is 2.63. The van der Waals surface area contributed by atoms with Crippen molar-refractivity contribution < 1.29 is 0 Å². The molecule has 0 aliphatic heterocycles. The second-order valence-electron chi connectivity index (χ2n) is 3.84. The molecule has 0 fully saturated rings. The van der Waals surface area contributed by atoms with Crippen molar-refractivity contribution in [1.29, 1.82) is 0 Å². The maximum atomic E-state index is 12.2. The normalized spacial score (nSPS) is 11.0. The van der Waals surface area contributed by atoms with Crippen molar-refractivity contribution in [3.05, 3.63) is 52.2 Å². The Labute approximate surface area is 107 Å². The summed E-state index contributed by atoms with van der Waals surface area (Å²) in [6, 6.07) is 8.79. The van der Waals surface area contributed by atoms with Crippen LogP contribution >= 0.6 is 11.6 Å². The van der Waals surface area contributed by atoms with E-state index in [0.29, 0.717) is 16.6 Å². The van der Waals surface area contributed by atoms with Crippen molar-refractivity contribution in [3.8, 4) is 5.82 Å². The van der Waals surface area contributed by atoms with E-state index in [9.17, 15) is 4.79 Å². The molecule has 0 spiro atoms. The second-order valence-corrected chi connectivity index (χ2v) is 4.23. The summed E-state index contributed by atoms with van der Waals surface area (Å²) in [7, 11) is 1.69. The predicted molar refractivity (Wildman–Crippen MR) is 69.1 cm³/mol. The van der Waals surface area contributed by atoms with Gasteiger partial charge in [0.1, 0.15) is 11.0 Å². The van der Waals surface area contributed by atoms with E-state index in [1.165, 1.54) is 9.13 Å². The lowest BCUT2D eigenvalue weighted by Crippen LogP contribution is -2.21. The van der Waals surface area contributed by atoms with Crippen LogP contribution < -0.4 is 5.69 Å². The molecule has 0 unspecified atom stereocenters. The van der Waals surface area contributed by atoms with Crippen LogP contribution in [0.15, 0.2) is 41.3 Å². The van der Waals surface area contributed by atoms with E-state index >= 15 is 0 Å². The first kappa shape index (κ1) is 11.0. The third-order valence-corrected chi connectivity index (χ3v) is 2.96. The molecule has 3 aromatic rings. The van der Waals surface area contributed by atoms with Gasteiger partial charge < -0.3 is 0 Å². The Morgan fingerprint density at radius 2 is 2.06 bits per heavy atom. The van der Waals surface area contributed by atoms with Gasteiger partial charge in [0.25, 0.3) is 0 Å². The molecule has 3 rings (SSSR count). The lowest BCUT2D eigenvalue weighted by Gasteiger charge is -2.00. The van der Waals surface area contributed by atoms with Gasteiger partial charge in [-0.3, -0.25) is 4.57 Å². The van der Waals surface area contributed by atoms with Crippen molar-refractivity contribution in [2.75, 3.05) is 0 Å². The van der Waals surface area contributed by atoms with Crippen LogP contribution in [0.5, 0.6) is 0 Å². The highest BCUT2D eigenvalue weighted by molar-refractivity contribution is 6.29. The first-order valence-corrected chi connectivity index (χ1v) is 5.71. The quantitative estimate of drug-likeness (QED) is 0.627. The van der Waals surface area contributed by atoms with Gasteiger partial charge in [0.2, 0.25) is 0 Å². The molecule has 90 valence electrons. The summed E-state index contributed by atoms with van der Waals surface area (Å²) in [6.45, 7) is 0. The summed E-state index contributed by atoms with van der Waals surface area (Å²) >= 11 is 5.88. The molecule has 3 heterocycles. The molecule has 3 aromatic heterocycles. The van der Waals surface area contributed by atoms with Crippen molar-refractivity contribution >= 4 is 22.8 Å². The van der Waals surface area contributed by atoms with Gasteiger partial charge in [0, 0.05) is 13.2 Å². The van der Waals surface area contributed by atoms with E-state index in [1.54, 1.807) is 37.5 Å². The van der Waals surface area contributed by atoms with Gasteiger partial charge in [-0.25, -0.2) is 19.3 Å². The Bertz CT molecular complexity index is 776. The van der Waals surface area contributed by atoms with Crippen molar-refractivity contribution in [1.82, 2.24) is 19.1 Å². The molecule has 0 amide bonds. The standard InChI is InChI=1S/C12H9ClN4O/c1-16-8-5-6-9(13)15-11(8)17(12(16)18)10-4-2-3-7-14-10/h2-7H,1H3. The number of hydrogen-bond acceptors (Lipinski definition) is 3. The molecule has 0 aliphatic carbocycles. The fraction of sp³-hybridized carbons (Fsp3) is 0.0833. The number of aryl methyl sites for hydroxylation is 1. The van der Waals surface area contributed by atoms with Crippen LogP contribution in [0.1, 0.15) is 0 Å². The molecular weight excluding hydrogens is 252 g/mol. The number of halogens is 1. The summed E-state index contributed by atoms with van der Waals surface area (Å²) < 4.78 is 2.97. The maximum absolute atomic E-state index is 12.2. The van der Waals surface area contributed by atoms with E-state index < -0.39 is 0 Å². The maximum Gasteiger partial charge on any atom is 0.335 e. The smallest absolute Gasteiger partial charge is 0.293 e. The van der Waals surface area contributed by atoms with E-state index in [-0.39, 0.29) is 5.69 Å². The summed E-state index contributed by atoms with van der Waals surface area (Å²) in [5.74, 6) is 0.530. The Kier molecular flexibility index (Phi) is 2.41. The largest absolute Gasteiger partial charge is 0.335 e. The summed E-state index contributed by atoms with van der Waals surface area (Å²) in [5.41, 5.74) is 1.03. The van der Waals surface area contributed by atoms with E-state index in [2.05, 4.69) is 9.97 Å². The van der Waals surface area contributed by atoms with Crippen molar-refractivity contribution in [3.63, 3.8) is 0 Å².